The zero-order chi connectivity index (χ0) is 12.4. The fourth-order valence-electron chi connectivity index (χ4n) is 1.38. The van der Waals surface area contributed by atoms with Crippen LogP contribution >= 0.6 is 27.7 Å². The molecule has 0 atom stereocenters. The average Bonchev–Trinajstić information content (AvgIpc) is 2.64. The summed E-state index contributed by atoms with van der Waals surface area (Å²) in [6.07, 6.45) is 1.68. The van der Waals surface area contributed by atoms with Crippen molar-refractivity contribution in [2.45, 2.75) is 16.7 Å². The molecule has 3 N–H and O–H groups in total. The summed E-state index contributed by atoms with van der Waals surface area (Å²) in [6.45, 7) is 1.93. The minimum Gasteiger partial charge on any atom is -0.468 e. The van der Waals surface area contributed by atoms with Gasteiger partial charge in [0.05, 0.1) is 11.2 Å². The van der Waals surface area contributed by atoms with E-state index in [2.05, 4.69) is 15.9 Å². The van der Waals surface area contributed by atoms with Crippen LogP contribution in [0.15, 0.2) is 49.2 Å². The molecule has 0 unspecified atom stereocenters. The molecule has 0 amide bonds. The molecule has 88 valence electrons. The molecule has 5 heteroatoms. The van der Waals surface area contributed by atoms with Gasteiger partial charge in [0.2, 0.25) is 0 Å². The maximum atomic E-state index is 7.40. The molecule has 0 saturated carbocycles. The second-order valence-corrected chi connectivity index (χ2v) is 5.47. The number of nitrogens with one attached hydrogen (secondary N) is 1. The van der Waals surface area contributed by atoms with E-state index in [0.29, 0.717) is 5.56 Å². The first-order valence-electron chi connectivity index (χ1n) is 4.94. The maximum absolute atomic E-state index is 7.40. The number of furan rings is 1. The number of nitrogen functional groups attached to an aromatic ring is 1. The largest absolute Gasteiger partial charge is 0.468 e. The Balaban J connectivity index is 2.27. The Bertz CT molecular complexity index is 565. The van der Waals surface area contributed by atoms with Crippen LogP contribution in [0.3, 0.4) is 0 Å². The quantitative estimate of drug-likeness (QED) is 0.669. The van der Waals surface area contributed by atoms with Gasteiger partial charge < -0.3 is 10.2 Å². The summed E-state index contributed by atoms with van der Waals surface area (Å²) in [7, 11) is 0. The minimum absolute atomic E-state index is 0.0629. The first-order chi connectivity index (χ1) is 8.08. The van der Waals surface area contributed by atoms with Crippen LogP contribution in [0.5, 0.6) is 0 Å². The molecule has 1 aromatic heterocycles. The second-order valence-electron chi connectivity index (χ2n) is 3.50. The maximum Gasteiger partial charge on any atom is 0.123 e. The molecule has 3 nitrogen and oxygen atoms in total. The van der Waals surface area contributed by atoms with Crippen LogP contribution in [0.2, 0.25) is 0 Å². The number of aryl methyl sites for hydroxylation is 1. The van der Waals surface area contributed by atoms with Gasteiger partial charge in [-0.2, -0.15) is 0 Å². The molecule has 2 rings (SSSR count). The van der Waals surface area contributed by atoms with Crippen molar-refractivity contribution in [3.05, 3.63) is 46.3 Å². The van der Waals surface area contributed by atoms with Crippen molar-refractivity contribution in [3.63, 3.8) is 0 Å². The Morgan fingerprint density at radius 1 is 1.41 bits per heavy atom. The van der Waals surface area contributed by atoms with Gasteiger partial charge >= 0.3 is 0 Å². The lowest BCUT2D eigenvalue weighted by molar-refractivity contribution is 0.527. The van der Waals surface area contributed by atoms with Crippen LogP contribution in [0.25, 0.3) is 0 Å². The fraction of sp³-hybridized carbons (Fsp3) is 0.0833. The van der Waals surface area contributed by atoms with Crippen molar-refractivity contribution in [2.24, 2.45) is 5.73 Å². The van der Waals surface area contributed by atoms with Crippen LogP contribution in [0, 0.1) is 12.3 Å². The molecule has 0 bridgehead atoms. The number of benzene rings is 1. The third-order valence-electron chi connectivity index (χ3n) is 2.27. The summed E-state index contributed by atoms with van der Waals surface area (Å²) in [5.41, 5.74) is 6.16. The van der Waals surface area contributed by atoms with E-state index in [9.17, 15) is 0 Å². The molecule has 17 heavy (non-hydrogen) atoms. The zero-order valence-electron chi connectivity index (χ0n) is 9.16. The van der Waals surface area contributed by atoms with Gasteiger partial charge in [0.25, 0.3) is 0 Å². The number of hydrogen-bond acceptors (Lipinski definition) is 3. The second kappa shape index (κ2) is 4.98. The van der Waals surface area contributed by atoms with E-state index < -0.39 is 0 Å². The van der Waals surface area contributed by atoms with Gasteiger partial charge in [0.15, 0.2) is 0 Å². The highest BCUT2D eigenvalue weighted by atomic mass is 79.9. The van der Waals surface area contributed by atoms with Crippen LogP contribution in [0.1, 0.15) is 11.3 Å². The molecule has 1 aromatic carbocycles. The Hall–Kier alpha value is -1.20. The summed E-state index contributed by atoms with van der Waals surface area (Å²) in [6, 6.07) is 7.67. The van der Waals surface area contributed by atoms with E-state index in [0.717, 1.165) is 20.0 Å². The normalized spacial score (nSPS) is 10.5. The van der Waals surface area contributed by atoms with Gasteiger partial charge in [-0.25, -0.2) is 0 Å². The third kappa shape index (κ3) is 2.73. The first kappa shape index (κ1) is 12.3. The van der Waals surface area contributed by atoms with Gasteiger partial charge in [-0.05, 0) is 47.1 Å². The molecule has 0 radical (unpaired) electrons. The Morgan fingerprint density at radius 2 is 2.18 bits per heavy atom. The van der Waals surface area contributed by atoms with Gasteiger partial charge in [0, 0.05) is 14.9 Å². The number of halogens is 1. The van der Waals surface area contributed by atoms with Gasteiger partial charge in [-0.15, -0.1) is 0 Å². The summed E-state index contributed by atoms with van der Waals surface area (Å²) >= 11 is 5.03. The highest BCUT2D eigenvalue weighted by Crippen LogP contribution is 2.33. The van der Waals surface area contributed by atoms with Crippen molar-refractivity contribution in [2.75, 3.05) is 0 Å². The molecular weight excluding hydrogens is 300 g/mol. The minimum atomic E-state index is 0.0629. The molecular formula is C12H11BrN2OS. The predicted octanol–water partition coefficient (Wildman–Crippen LogP) is 3.79. The van der Waals surface area contributed by atoms with Crippen LogP contribution in [-0.2, 0) is 0 Å². The molecule has 0 fully saturated rings. The van der Waals surface area contributed by atoms with E-state index in [4.69, 9.17) is 15.6 Å². The topological polar surface area (TPSA) is 63.0 Å². The number of nitrogens with two attached hydrogens (primary N) is 1. The number of amidine groups is 1. The Labute approximate surface area is 112 Å². The van der Waals surface area contributed by atoms with Crippen molar-refractivity contribution < 1.29 is 4.42 Å². The van der Waals surface area contributed by atoms with Crippen molar-refractivity contribution >= 4 is 33.5 Å². The van der Waals surface area contributed by atoms with E-state index >= 15 is 0 Å². The third-order valence-corrected chi connectivity index (χ3v) is 4.06. The van der Waals surface area contributed by atoms with Gasteiger partial charge in [-0.3, -0.25) is 5.41 Å². The summed E-state index contributed by atoms with van der Waals surface area (Å²) in [5.74, 6) is 0.967. The van der Waals surface area contributed by atoms with Gasteiger partial charge in [0.1, 0.15) is 11.6 Å². The standard InChI is InChI=1S/C12H11BrN2OS/c1-7-11(4-5-16-7)17-8-2-3-9(12(14)15)10(13)6-8/h2-6H,1H3,(H3,14,15). The molecule has 2 aromatic rings. The van der Waals surface area contributed by atoms with Crippen molar-refractivity contribution in [1.82, 2.24) is 0 Å². The monoisotopic (exact) mass is 310 g/mol. The molecule has 1 heterocycles. The highest BCUT2D eigenvalue weighted by Gasteiger charge is 2.07. The molecule has 0 aliphatic heterocycles. The highest BCUT2D eigenvalue weighted by molar-refractivity contribution is 9.10. The van der Waals surface area contributed by atoms with Crippen LogP contribution < -0.4 is 5.73 Å². The van der Waals surface area contributed by atoms with Crippen LogP contribution in [-0.4, -0.2) is 5.84 Å². The molecule has 0 spiro atoms. The van der Waals surface area contributed by atoms with E-state index in [1.165, 1.54) is 0 Å². The lowest BCUT2D eigenvalue weighted by atomic mass is 10.2. The zero-order valence-corrected chi connectivity index (χ0v) is 11.6. The SMILES string of the molecule is Cc1occc1Sc1ccc(C(=N)N)c(Br)c1. The Morgan fingerprint density at radius 3 is 2.71 bits per heavy atom. The lowest BCUT2D eigenvalue weighted by Gasteiger charge is -2.05. The molecule has 0 aliphatic rings. The van der Waals surface area contributed by atoms with E-state index in [-0.39, 0.29) is 5.84 Å². The summed E-state index contributed by atoms with van der Waals surface area (Å²) in [4.78, 5) is 2.17. The summed E-state index contributed by atoms with van der Waals surface area (Å²) in [5, 5.41) is 7.40. The van der Waals surface area contributed by atoms with Crippen LogP contribution in [0.4, 0.5) is 0 Å². The number of rotatable bonds is 3. The molecule has 0 aliphatic carbocycles. The van der Waals surface area contributed by atoms with Gasteiger partial charge in [-0.1, -0.05) is 11.8 Å². The van der Waals surface area contributed by atoms with E-state index in [1.807, 2.05) is 31.2 Å². The predicted molar refractivity (Wildman–Crippen MR) is 72.7 cm³/mol. The van der Waals surface area contributed by atoms with Crippen molar-refractivity contribution in [1.29, 1.82) is 5.41 Å². The smallest absolute Gasteiger partial charge is 0.123 e. The van der Waals surface area contributed by atoms with E-state index in [1.54, 1.807) is 18.0 Å². The lowest BCUT2D eigenvalue weighted by Crippen LogP contribution is -2.11. The van der Waals surface area contributed by atoms with Crippen molar-refractivity contribution in [3.8, 4) is 0 Å². The average molecular weight is 311 g/mol. The number of hydrogen-bond donors (Lipinski definition) is 2. The first-order valence-corrected chi connectivity index (χ1v) is 6.55. The fourth-order valence-corrected chi connectivity index (χ4v) is 3.01. The Kier molecular flexibility index (Phi) is 3.59. The molecule has 0 saturated heterocycles. The summed E-state index contributed by atoms with van der Waals surface area (Å²) < 4.78 is 6.07.